The van der Waals surface area contributed by atoms with Crippen LogP contribution in [-0.2, 0) is 9.59 Å². The fourth-order valence-electron chi connectivity index (χ4n) is 4.03. The van der Waals surface area contributed by atoms with Gasteiger partial charge in [-0.15, -0.1) is 23.1 Å². The summed E-state index contributed by atoms with van der Waals surface area (Å²) < 4.78 is 0. The number of thioether (sulfide) groups is 1. The number of nitrogens with zero attached hydrogens (tertiary/aromatic N) is 1. The van der Waals surface area contributed by atoms with Crippen LogP contribution in [0.25, 0.3) is 17.3 Å². The third-order valence-corrected chi connectivity index (χ3v) is 8.75. The first-order chi connectivity index (χ1) is 21.7. The summed E-state index contributed by atoms with van der Waals surface area (Å²) in [7, 11) is 0. The van der Waals surface area contributed by atoms with Gasteiger partial charge >= 0.3 is 0 Å². The van der Waals surface area contributed by atoms with E-state index in [4.69, 9.17) is 23.2 Å². The lowest BCUT2D eigenvalue weighted by Crippen LogP contribution is -2.30. The van der Waals surface area contributed by atoms with E-state index in [1.807, 2.05) is 42.6 Å². The molecule has 11 heteroatoms. The van der Waals surface area contributed by atoms with E-state index >= 15 is 0 Å². The van der Waals surface area contributed by atoms with Crippen LogP contribution in [0.3, 0.4) is 0 Å². The fourth-order valence-corrected chi connectivity index (χ4v) is 5.87. The van der Waals surface area contributed by atoms with Crippen LogP contribution in [0.5, 0.6) is 0 Å². The van der Waals surface area contributed by atoms with Gasteiger partial charge in [0.25, 0.3) is 11.8 Å². The Morgan fingerprint density at radius 1 is 0.822 bits per heavy atom. The maximum Gasteiger partial charge on any atom is 0.272 e. The Morgan fingerprint density at radius 3 is 2.13 bits per heavy atom. The summed E-state index contributed by atoms with van der Waals surface area (Å²) in [4.78, 5) is 44.4. The Labute approximate surface area is 278 Å². The number of carbonyl (C=O) groups is 3. The molecule has 0 spiro atoms. The monoisotopic (exact) mass is 672 g/mol. The zero-order valence-electron chi connectivity index (χ0n) is 23.8. The molecule has 1 unspecified atom stereocenters. The third kappa shape index (κ3) is 9.06. The van der Waals surface area contributed by atoms with E-state index in [0.29, 0.717) is 32.0 Å². The highest BCUT2D eigenvalue weighted by Crippen LogP contribution is 2.29. The van der Waals surface area contributed by atoms with Crippen molar-refractivity contribution in [1.29, 1.82) is 0 Å². The third-order valence-electron chi connectivity index (χ3n) is 6.38. The summed E-state index contributed by atoms with van der Waals surface area (Å²) in [6, 6.07) is 30.0. The Hall–Kier alpha value is -4.41. The molecule has 0 aliphatic rings. The lowest BCUT2D eigenvalue weighted by molar-refractivity contribution is -0.115. The number of nitrogens with one attached hydrogen (secondary N) is 3. The van der Waals surface area contributed by atoms with Crippen molar-refractivity contribution in [2.24, 2.45) is 0 Å². The van der Waals surface area contributed by atoms with Gasteiger partial charge in [0.1, 0.15) is 5.70 Å². The van der Waals surface area contributed by atoms with Gasteiger partial charge in [0.05, 0.1) is 10.9 Å². The first-order valence-corrected chi connectivity index (χ1v) is 16.2. The van der Waals surface area contributed by atoms with Gasteiger partial charge in [0.2, 0.25) is 5.91 Å². The average molecular weight is 674 g/mol. The molecule has 5 aromatic rings. The molecule has 0 aliphatic carbocycles. The molecule has 0 fully saturated rings. The maximum absolute atomic E-state index is 13.3. The number of benzene rings is 4. The highest BCUT2D eigenvalue weighted by atomic mass is 35.5. The number of aromatic nitrogens is 1. The van der Waals surface area contributed by atoms with Gasteiger partial charge in [-0.25, -0.2) is 4.98 Å². The molecule has 5 rings (SSSR count). The van der Waals surface area contributed by atoms with Crippen molar-refractivity contribution in [3.05, 3.63) is 135 Å². The van der Waals surface area contributed by atoms with Crippen molar-refractivity contribution >= 4 is 80.9 Å². The number of hydrogen-bond acceptors (Lipinski definition) is 6. The van der Waals surface area contributed by atoms with Crippen LogP contribution in [0.4, 0.5) is 10.8 Å². The van der Waals surface area contributed by atoms with Gasteiger partial charge in [0, 0.05) is 37.1 Å². The quantitative estimate of drug-likeness (QED) is 0.102. The van der Waals surface area contributed by atoms with E-state index in [2.05, 4.69) is 20.9 Å². The normalized spacial score (nSPS) is 11.8. The minimum atomic E-state index is -0.496. The van der Waals surface area contributed by atoms with Crippen LogP contribution >= 0.6 is 46.3 Å². The van der Waals surface area contributed by atoms with E-state index in [9.17, 15) is 14.4 Å². The highest BCUT2D eigenvalue weighted by molar-refractivity contribution is 8.00. The molecular weight excluding hydrogens is 647 g/mol. The molecule has 1 aromatic heterocycles. The summed E-state index contributed by atoms with van der Waals surface area (Å²) in [6.07, 6.45) is 1.58. The molecule has 1 atom stereocenters. The standard InChI is InChI=1S/C34H26Cl2N4O3S2/c1-21(31(41)40-34-39-30(20-44-34)23-9-13-26(36)14-10-23)45-28-17-15-27(16-18-28)37-33(43)29(19-22-7-11-25(35)12-8-22)38-32(42)24-5-3-2-4-6-24/h2-21H,1H3,(H,37,43)(H,38,42)(H,39,40,41)/b29-19-. The smallest absolute Gasteiger partial charge is 0.272 e. The van der Waals surface area contributed by atoms with Crippen LogP contribution in [0.2, 0.25) is 10.0 Å². The number of amides is 3. The summed E-state index contributed by atoms with van der Waals surface area (Å²) in [5, 5.41) is 11.6. The summed E-state index contributed by atoms with van der Waals surface area (Å²) in [6.45, 7) is 1.81. The Kier molecular flexibility index (Phi) is 10.7. The van der Waals surface area contributed by atoms with Crippen molar-refractivity contribution in [3.8, 4) is 11.3 Å². The maximum atomic E-state index is 13.3. The molecular formula is C34H26Cl2N4O3S2. The van der Waals surface area contributed by atoms with Crippen molar-refractivity contribution in [2.75, 3.05) is 10.6 Å². The van der Waals surface area contributed by atoms with E-state index in [1.165, 1.54) is 23.1 Å². The average Bonchev–Trinajstić information content (AvgIpc) is 3.51. The van der Waals surface area contributed by atoms with Gasteiger partial charge in [-0.05, 0) is 79.2 Å². The van der Waals surface area contributed by atoms with Crippen LogP contribution in [0.15, 0.2) is 119 Å². The molecule has 0 bridgehead atoms. The zero-order chi connectivity index (χ0) is 31.8. The topological polar surface area (TPSA) is 100 Å². The minimum Gasteiger partial charge on any atom is -0.321 e. The van der Waals surface area contributed by atoms with Crippen molar-refractivity contribution < 1.29 is 14.4 Å². The molecule has 7 nitrogen and oxygen atoms in total. The van der Waals surface area contributed by atoms with E-state index in [1.54, 1.807) is 78.9 Å². The van der Waals surface area contributed by atoms with Gasteiger partial charge in [-0.3, -0.25) is 14.4 Å². The second kappa shape index (κ2) is 15.0. The van der Waals surface area contributed by atoms with Gasteiger partial charge in [0.15, 0.2) is 5.13 Å². The number of halogens is 2. The fraction of sp³-hybridized carbons (Fsp3) is 0.0588. The largest absolute Gasteiger partial charge is 0.321 e. The SMILES string of the molecule is CC(Sc1ccc(NC(=O)/C(=C/c2ccc(Cl)cc2)NC(=O)c2ccccc2)cc1)C(=O)Nc1nc(-c2ccc(Cl)cc2)cs1. The second-order valence-electron chi connectivity index (χ2n) is 9.70. The molecule has 45 heavy (non-hydrogen) atoms. The number of hydrogen-bond donors (Lipinski definition) is 3. The molecule has 0 saturated carbocycles. The van der Waals surface area contributed by atoms with Crippen molar-refractivity contribution in [3.63, 3.8) is 0 Å². The summed E-state index contributed by atoms with van der Waals surface area (Å²) in [5.41, 5.74) is 3.37. The van der Waals surface area contributed by atoms with Crippen molar-refractivity contribution in [1.82, 2.24) is 10.3 Å². The molecule has 0 aliphatic heterocycles. The predicted octanol–water partition coefficient (Wildman–Crippen LogP) is 8.65. The van der Waals surface area contributed by atoms with Crippen LogP contribution in [0.1, 0.15) is 22.8 Å². The summed E-state index contributed by atoms with van der Waals surface area (Å²) >= 11 is 14.7. The molecule has 226 valence electrons. The molecule has 1 heterocycles. The lowest BCUT2D eigenvalue weighted by atomic mass is 10.1. The number of anilines is 2. The molecule has 0 saturated heterocycles. The molecule has 0 radical (unpaired) electrons. The molecule has 3 N–H and O–H groups in total. The van der Waals surface area contributed by atoms with Crippen LogP contribution in [-0.4, -0.2) is 28.0 Å². The second-order valence-corrected chi connectivity index (χ2v) is 12.8. The minimum absolute atomic E-state index is 0.0660. The first-order valence-electron chi connectivity index (χ1n) is 13.7. The van der Waals surface area contributed by atoms with Gasteiger partial charge in [-0.2, -0.15) is 0 Å². The summed E-state index contributed by atoms with van der Waals surface area (Å²) in [5.74, 6) is -1.09. The first kappa shape index (κ1) is 32.0. The van der Waals surface area contributed by atoms with E-state index in [-0.39, 0.29) is 11.6 Å². The number of rotatable bonds is 10. The Morgan fingerprint density at radius 2 is 1.47 bits per heavy atom. The lowest BCUT2D eigenvalue weighted by Gasteiger charge is -2.13. The number of thiazole rings is 1. The predicted molar refractivity (Wildman–Crippen MR) is 185 cm³/mol. The number of carbonyl (C=O) groups excluding carboxylic acids is 3. The Balaban J connectivity index is 1.20. The van der Waals surface area contributed by atoms with Crippen LogP contribution in [0, 0.1) is 0 Å². The zero-order valence-corrected chi connectivity index (χ0v) is 26.9. The van der Waals surface area contributed by atoms with Crippen molar-refractivity contribution in [2.45, 2.75) is 17.1 Å². The van der Waals surface area contributed by atoms with Crippen LogP contribution < -0.4 is 16.0 Å². The molecule has 3 amide bonds. The molecule has 4 aromatic carbocycles. The highest BCUT2D eigenvalue weighted by Gasteiger charge is 2.18. The van der Waals surface area contributed by atoms with E-state index in [0.717, 1.165) is 16.2 Å². The van der Waals surface area contributed by atoms with Gasteiger partial charge < -0.3 is 16.0 Å². The Bertz CT molecular complexity index is 1830. The van der Waals surface area contributed by atoms with E-state index < -0.39 is 17.1 Å². The van der Waals surface area contributed by atoms with Gasteiger partial charge in [-0.1, -0.05) is 65.7 Å².